The highest BCUT2D eigenvalue weighted by atomic mass is 15.0. The van der Waals surface area contributed by atoms with Gasteiger partial charge in [-0.3, -0.25) is 0 Å². The Bertz CT molecular complexity index is 184. The zero-order chi connectivity index (χ0) is 11.6. The van der Waals surface area contributed by atoms with Crippen LogP contribution in [0.5, 0.6) is 0 Å². The molecule has 1 fully saturated rings. The normalized spacial score (nSPS) is 26.4. The van der Waals surface area contributed by atoms with Gasteiger partial charge in [0.05, 0.1) is 0 Å². The van der Waals surface area contributed by atoms with Crippen molar-refractivity contribution in [1.29, 1.82) is 0 Å². The largest absolute Gasteiger partial charge is 0.311 e. The monoisotopic (exact) mass is 223 g/mol. The van der Waals surface area contributed by atoms with Crippen LogP contribution in [0.15, 0.2) is 12.2 Å². The average Bonchev–Trinajstić information content (AvgIpc) is 2.30. The van der Waals surface area contributed by atoms with Crippen molar-refractivity contribution in [2.24, 2.45) is 0 Å². The van der Waals surface area contributed by atoms with Crippen molar-refractivity contribution in [3.63, 3.8) is 0 Å². The molecule has 0 aromatic heterocycles. The lowest BCUT2D eigenvalue weighted by molar-refractivity contribution is 0.296. The van der Waals surface area contributed by atoms with Crippen LogP contribution in [0.3, 0.4) is 0 Å². The Labute approximate surface area is 102 Å². The van der Waals surface area contributed by atoms with Crippen molar-refractivity contribution in [1.82, 2.24) is 5.32 Å². The average molecular weight is 223 g/mol. The minimum Gasteiger partial charge on any atom is -0.311 e. The third kappa shape index (κ3) is 5.69. The van der Waals surface area contributed by atoms with E-state index in [2.05, 4.69) is 31.3 Å². The molecular weight excluding hydrogens is 194 g/mol. The molecular formula is C15H29N. The van der Waals surface area contributed by atoms with E-state index in [0.717, 1.165) is 12.1 Å². The van der Waals surface area contributed by atoms with Gasteiger partial charge in [-0.15, -0.1) is 0 Å². The molecule has 1 nitrogen and oxygen atoms in total. The zero-order valence-electron chi connectivity index (χ0n) is 11.2. The number of unbranched alkanes of at least 4 members (excludes halogenated alkanes) is 1. The van der Waals surface area contributed by atoms with E-state index in [1.165, 1.54) is 57.8 Å². The zero-order valence-corrected chi connectivity index (χ0v) is 11.2. The molecule has 0 aromatic carbocycles. The maximum absolute atomic E-state index is 3.81. The molecule has 0 spiro atoms. The molecule has 1 aliphatic heterocycles. The molecule has 0 radical (unpaired) electrons. The first-order valence-electron chi connectivity index (χ1n) is 7.27. The minimum absolute atomic E-state index is 0.788. The highest BCUT2D eigenvalue weighted by Gasteiger charge is 2.19. The van der Waals surface area contributed by atoms with Gasteiger partial charge in [0, 0.05) is 12.1 Å². The van der Waals surface area contributed by atoms with Crippen LogP contribution < -0.4 is 5.32 Å². The van der Waals surface area contributed by atoms with Crippen molar-refractivity contribution in [3.8, 4) is 0 Å². The first-order valence-corrected chi connectivity index (χ1v) is 7.27. The molecule has 1 aliphatic rings. The Kier molecular flexibility index (Phi) is 7.58. The van der Waals surface area contributed by atoms with Gasteiger partial charge in [-0.25, -0.2) is 0 Å². The molecule has 1 heteroatoms. The van der Waals surface area contributed by atoms with Gasteiger partial charge >= 0.3 is 0 Å². The topological polar surface area (TPSA) is 12.0 Å². The third-order valence-corrected chi connectivity index (χ3v) is 3.52. The summed E-state index contributed by atoms with van der Waals surface area (Å²) >= 11 is 0. The molecule has 0 amide bonds. The number of piperidine rings is 1. The van der Waals surface area contributed by atoms with Gasteiger partial charge in [0.2, 0.25) is 0 Å². The fourth-order valence-corrected chi connectivity index (χ4v) is 2.61. The fourth-order valence-electron chi connectivity index (χ4n) is 2.61. The van der Waals surface area contributed by atoms with Crippen molar-refractivity contribution >= 4 is 0 Å². The van der Waals surface area contributed by atoms with Crippen molar-refractivity contribution in [3.05, 3.63) is 12.2 Å². The van der Waals surface area contributed by atoms with Gasteiger partial charge < -0.3 is 5.32 Å². The van der Waals surface area contributed by atoms with Crippen LogP contribution in [-0.4, -0.2) is 12.1 Å². The van der Waals surface area contributed by atoms with Gasteiger partial charge in [-0.1, -0.05) is 45.3 Å². The molecule has 94 valence electrons. The van der Waals surface area contributed by atoms with Gasteiger partial charge in [0.25, 0.3) is 0 Å². The van der Waals surface area contributed by atoms with Gasteiger partial charge in [0.15, 0.2) is 0 Å². The van der Waals surface area contributed by atoms with Gasteiger partial charge in [0.1, 0.15) is 0 Å². The van der Waals surface area contributed by atoms with E-state index in [4.69, 9.17) is 0 Å². The Balaban J connectivity index is 2.11. The second kappa shape index (κ2) is 8.81. The lowest BCUT2D eigenvalue weighted by atomic mass is 9.93. The summed E-state index contributed by atoms with van der Waals surface area (Å²) < 4.78 is 0. The van der Waals surface area contributed by atoms with Crippen molar-refractivity contribution in [2.45, 2.75) is 83.7 Å². The van der Waals surface area contributed by atoms with Crippen LogP contribution in [0, 0.1) is 0 Å². The van der Waals surface area contributed by atoms with E-state index in [0.29, 0.717) is 0 Å². The second-order valence-electron chi connectivity index (χ2n) is 5.12. The SMILES string of the molecule is CCC/C=C/CC[C@H]1CCC[C@@H](CCC)N1. The molecule has 1 N–H and O–H groups in total. The molecule has 16 heavy (non-hydrogen) atoms. The lowest BCUT2D eigenvalue weighted by Crippen LogP contribution is -2.42. The third-order valence-electron chi connectivity index (χ3n) is 3.52. The molecule has 1 rings (SSSR count). The van der Waals surface area contributed by atoms with E-state index in [1.54, 1.807) is 0 Å². The summed E-state index contributed by atoms with van der Waals surface area (Å²) in [7, 11) is 0. The molecule has 0 aliphatic carbocycles. The Hall–Kier alpha value is -0.300. The van der Waals surface area contributed by atoms with E-state index in [-0.39, 0.29) is 0 Å². The summed E-state index contributed by atoms with van der Waals surface area (Å²) in [5.74, 6) is 0. The number of hydrogen-bond acceptors (Lipinski definition) is 1. The van der Waals surface area contributed by atoms with Crippen LogP contribution in [0.25, 0.3) is 0 Å². The summed E-state index contributed by atoms with van der Waals surface area (Å²) in [6, 6.07) is 1.60. The quantitative estimate of drug-likeness (QED) is 0.629. The summed E-state index contributed by atoms with van der Waals surface area (Å²) in [4.78, 5) is 0. The number of allylic oxidation sites excluding steroid dienone is 2. The first-order chi connectivity index (χ1) is 7.86. The molecule has 2 atom stereocenters. The van der Waals surface area contributed by atoms with Crippen LogP contribution in [0.2, 0.25) is 0 Å². The summed E-state index contributed by atoms with van der Waals surface area (Å²) in [5.41, 5.74) is 0. The Morgan fingerprint density at radius 3 is 2.31 bits per heavy atom. The van der Waals surface area contributed by atoms with E-state index >= 15 is 0 Å². The molecule has 0 aromatic rings. The molecule has 1 heterocycles. The lowest BCUT2D eigenvalue weighted by Gasteiger charge is -2.30. The van der Waals surface area contributed by atoms with Crippen LogP contribution >= 0.6 is 0 Å². The number of hydrogen-bond donors (Lipinski definition) is 1. The molecule has 0 saturated carbocycles. The van der Waals surface area contributed by atoms with E-state index in [9.17, 15) is 0 Å². The van der Waals surface area contributed by atoms with Gasteiger partial charge in [-0.05, 0) is 38.5 Å². The smallest absolute Gasteiger partial charge is 0.00726 e. The number of nitrogens with one attached hydrogen (secondary N) is 1. The predicted octanol–water partition coefficient (Wildman–Crippen LogP) is 4.43. The Morgan fingerprint density at radius 1 is 0.938 bits per heavy atom. The van der Waals surface area contributed by atoms with Gasteiger partial charge in [-0.2, -0.15) is 0 Å². The van der Waals surface area contributed by atoms with Crippen LogP contribution in [0.4, 0.5) is 0 Å². The van der Waals surface area contributed by atoms with Crippen LogP contribution in [0.1, 0.15) is 71.6 Å². The van der Waals surface area contributed by atoms with E-state index in [1.807, 2.05) is 0 Å². The standard InChI is InChI=1S/C15H29N/c1-3-5-6-7-8-11-15-13-9-12-14(16-15)10-4-2/h6-7,14-16H,3-5,8-13H2,1-2H3/b7-6+/t14-,15+/m1/s1. The number of rotatable bonds is 7. The second-order valence-corrected chi connectivity index (χ2v) is 5.12. The van der Waals surface area contributed by atoms with Crippen molar-refractivity contribution < 1.29 is 0 Å². The maximum atomic E-state index is 3.81. The minimum atomic E-state index is 0.788. The highest BCUT2D eigenvalue weighted by molar-refractivity contribution is 4.86. The predicted molar refractivity (Wildman–Crippen MR) is 72.8 cm³/mol. The molecule has 0 bridgehead atoms. The molecule has 0 unspecified atom stereocenters. The maximum Gasteiger partial charge on any atom is 0.00726 e. The Morgan fingerprint density at radius 2 is 1.62 bits per heavy atom. The summed E-state index contributed by atoms with van der Waals surface area (Å²) in [6.45, 7) is 4.53. The van der Waals surface area contributed by atoms with Crippen LogP contribution in [-0.2, 0) is 0 Å². The first kappa shape index (κ1) is 13.8. The highest BCUT2D eigenvalue weighted by Crippen LogP contribution is 2.19. The van der Waals surface area contributed by atoms with E-state index < -0.39 is 0 Å². The summed E-state index contributed by atoms with van der Waals surface area (Å²) in [6.07, 6.45) is 16.7. The fraction of sp³-hybridized carbons (Fsp3) is 0.867. The summed E-state index contributed by atoms with van der Waals surface area (Å²) in [5, 5.41) is 3.81. The molecule has 1 saturated heterocycles. The van der Waals surface area contributed by atoms with Crippen molar-refractivity contribution in [2.75, 3.05) is 0 Å².